The molecule has 0 aliphatic rings. The maximum absolute atomic E-state index is 12.4. The van der Waals surface area contributed by atoms with Gasteiger partial charge in [-0.15, -0.1) is 0 Å². The zero-order valence-corrected chi connectivity index (χ0v) is 14.2. The van der Waals surface area contributed by atoms with Gasteiger partial charge in [0.2, 0.25) is 0 Å². The zero-order chi connectivity index (χ0) is 17.8. The molecule has 0 saturated heterocycles. The average molecular weight is 342 g/mol. The van der Waals surface area contributed by atoms with Crippen LogP contribution in [0.3, 0.4) is 0 Å². The molecule has 0 bridgehead atoms. The highest BCUT2D eigenvalue weighted by Crippen LogP contribution is 2.16. The lowest BCUT2D eigenvalue weighted by Crippen LogP contribution is -2.25. The number of hydrogen-bond acceptors (Lipinski definition) is 3. The van der Waals surface area contributed by atoms with Crippen molar-refractivity contribution in [1.82, 2.24) is 20.1 Å². The van der Waals surface area contributed by atoms with E-state index in [2.05, 4.69) is 21.5 Å². The molecule has 2 heterocycles. The summed E-state index contributed by atoms with van der Waals surface area (Å²) in [6.07, 6.45) is 5.85. The van der Waals surface area contributed by atoms with E-state index in [1.54, 1.807) is 23.3 Å². The van der Waals surface area contributed by atoms with Crippen LogP contribution >= 0.6 is 0 Å². The summed E-state index contributed by atoms with van der Waals surface area (Å²) in [5, 5.41) is 8.33. The van der Waals surface area contributed by atoms with Crippen LogP contribution in [0.25, 0.3) is 16.6 Å². The van der Waals surface area contributed by atoms with Crippen LogP contribution in [-0.4, -0.2) is 27.2 Å². The number of pyridine rings is 1. The van der Waals surface area contributed by atoms with Gasteiger partial charge in [-0.3, -0.25) is 9.78 Å². The molecule has 128 valence electrons. The Morgan fingerprint density at radius 1 is 1.00 bits per heavy atom. The summed E-state index contributed by atoms with van der Waals surface area (Å²) in [6.45, 7) is 0.547. The first-order chi connectivity index (χ1) is 12.8. The molecule has 0 fully saturated rings. The highest BCUT2D eigenvalue weighted by atomic mass is 16.1. The summed E-state index contributed by atoms with van der Waals surface area (Å²) in [5.74, 6) is -0.125. The Kier molecular flexibility index (Phi) is 4.43. The number of nitrogens with one attached hydrogen (secondary N) is 1. The van der Waals surface area contributed by atoms with Gasteiger partial charge in [-0.2, -0.15) is 5.10 Å². The van der Waals surface area contributed by atoms with Crippen molar-refractivity contribution in [2.75, 3.05) is 6.54 Å². The van der Waals surface area contributed by atoms with Crippen LogP contribution < -0.4 is 5.32 Å². The molecule has 0 saturated carbocycles. The van der Waals surface area contributed by atoms with E-state index in [-0.39, 0.29) is 5.91 Å². The van der Waals surface area contributed by atoms with Crippen molar-refractivity contribution in [2.45, 2.75) is 6.42 Å². The van der Waals surface area contributed by atoms with Crippen molar-refractivity contribution in [3.8, 4) is 5.69 Å². The molecule has 0 aliphatic carbocycles. The third-order valence-electron chi connectivity index (χ3n) is 4.26. The van der Waals surface area contributed by atoms with E-state index in [4.69, 9.17) is 0 Å². The summed E-state index contributed by atoms with van der Waals surface area (Å²) in [6, 6.07) is 19.8. The number of carbonyl (C=O) groups excluding carboxylic acids is 1. The van der Waals surface area contributed by atoms with Gasteiger partial charge in [-0.05, 0) is 30.2 Å². The van der Waals surface area contributed by atoms with Gasteiger partial charge in [0.15, 0.2) is 0 Å². The van der Waals surface area contributed by atoms with Gasteiger partial charge in [0.1, 0.15) is 0 Å². The number of para-hydroxylation sites is 2. The van der Waals surface area contributed by atoms with Gasteiger partial charge in [-0.25, -0.2) is 4.68 Å². The summed E-state index contributed by atoms with van der Waals surface area (Å²) < 4.78 is 1.70. The van der Waals surface area contributed by atoms with Gasteiger partial charge < -0.3 is 5.32 Å². The Hall–Kier alpha value is -3.47. The van der Waals surface area contributed by atoms with Crippen LogP contribution in [-0.2, 0) is 6.42 Å². The van der Waals surface area contributed by atoms with Crippen LogP contribution in [0.15, 0.2) is 79.3 Å². The Labute approximate surface area is 151 Å². The van der Waals surface area contributed by atoms with Crippen LogP contribution in [0.5, 0.6) is 0 Å². The number of carbonyl (C=O) groups is 1. The van der Waals surface area contributed by atoms with E-state index in [0.29, 0.717) is 12.1 Å². The van der Waals surface area contributed by atoms with E-state index in [1.165, 1.54) is 0 Å². The van der Waals surface area contributed by atoms with Gasteiger partial charge >= 0.3 is 0 Å². The van der Waals surface area contributed by atoms with Crippen LogP contribution in [0.2, 0.25) is 0 Å². The molecule has 2 aromatic heterocycles. The zero-order valence-electron chi connectivity index (χ0n) is 14.2. The van der Waals surface area contributed by atoms with Crippen molar-refractivity contribution in [3.05, 3.63) is 90.4 Å². The van der Waals surface area contributed by atoms with E-state index in [0.717, 1.165) is 28.6 Å². The fourth-order valence-electron chi connectivity index (χ4n) is 2.94. The highest BCUT2D eigenvalue weighted by Gasteiger charge is 2.09. The topological polar surface area (TPSA) is 59.8 Å². The molecule has 26 heavy (non-hydrogen) atoms. The maximum atomic E-state index is 12.4. The molecule has 0 atom stereocenters. The Morgan fingerprint density at radius 3 is 2.73 bits per heavy atom. The lowest BCUT2D eigenvalue weighted by Gasteiger charge is -2.06. The molecular formula is C21H18N4O. The highest BCUT2D eigenvalue weighted by molar-refractivity contribution is 5.93. The molecule has 5 nitrogen and oxygen atoms in total. The minimum atomic E-state index is -0.125. The Bertz CT molecular complexity index is 1030. The van der Waals surface area contributed by atoms with Gasteiger partial charge in [-0.1, -0.05) is 42.5 Å². The quantitative estimate of drug-likeness (QED) is 0.605. The average Bonchev–Trinajstić information content (AvgIpc) is 3.19. The first-order valence-corrected chi connectivity index (χ1v) is 8.52. The SMILES string of the molecule is O=C(NCCc1cccc2cccnc12)c1cnn(-c2ccccc2)c1. The first-order valence-electron chi connectivity index (χ1n) is 8.52. The largest absolute Gasteiger partial charge is 0.352 e. The molecule has 0 aliphatic heterocycles. The molecule has 1 amide bonds. The van der Waals surface area contributed by atoms with E-state index >= 15 is 0 Å². The van der Waals surface area contributed by atoms with Crippen LogP contribution in [0.4, 0.5) is 0 Å². The predicted octanol–water partition coefficient (Wildman–Crippen LogP) is 3.39. The number of amides is 1. The number of hydrogen-bond donors (Lipinski definition) is 1. The Morgan fingerprint density at radius 2 is 1.85 bits per heavy atom. The predicted molar refractivity (Wildman–Crippen MR) is 101 cm³/mol. The van der Waals surface area contributed by atoms with Crippen molar-refractivity contribution >= 4 is 16.8 Å². The Balaban J connectivity index is 1.41. The lowest BCUT2D eigenvalue weighted by molar-refractivity contribution is 0.0954. The summed E-state index contributed by atoms with van der Waals surface area (Å²) in [7, 11) is 0. The fraction of sp³-hybridized carbons (Fsp3) is 0.0952. The molecule has 2 aromatic carbocycles. The summed E-state index contributed by atoms with van der Waals surface area (Å²) in [4.78, 5) is 16.8. The molecule has 4 rings (SSSR count). The normalized spacial score (nSPS) is 10.8. The second-order valence-corrected chi connectivity index (χ2v) is 6.01. The number of nitrogens with zero attached hydrogens (tertiary/aromatic N) is 3. The maximum Gasteiger partial charge on any atom is 0.254 e. The number of aromatic nitrogens is 3. The van der Waals surface area contributed by atoms with E-state index < -0.39 is 0 Å². The van der Waals surface area contributed by atoms with Crippen molar-refractivity contribution in [2.24, 2.45) is 0 Å². The molecule has 0 radical (unpaired) electrons. The standard InChI is InChI=1S/C21H18N4O/c26-21(18-14-24-25(15-18)19-9-2-1-3-10-19)23-13-11-17-7-4-6-16-8-5-12-22-20(16)17/h1-10,12,14-15H,11,13H2,(H,23,26). The third kappa shape index (κ3) is 3.32. The van der Waals surface area contributed by atoms with Crippen molar-refractivity contribution in [1.29, 1.82) is 0 Å². The molecule has 4 aromatic rings. The van der Waals surface area contributed by atoms with Gasteiger partial charge in [0.05, 0.1) is 23.0 Å². The second kappa shape index (κ2) is 7.19. The second-order valence-electron chi connectivity index (χ2n) is 6.01. The molecule has 1 N–H and O–H groups in total. The minimum absolute atomic E-state index is 0.125. The van der Waals surface area contributed by atoms with Crippen molar-refractivity contribution < 1.29 is 4.79 Å². The lowest BCUT2D eigenvalue weighted by atomic mass is 10.1. The van der Waals surface area contributed by atoms with Gasteiger partial charge in [0, 0.05) is 24.3 Å². The van der Waals surface area contributed by atoms with Gasteiger partial charge in [0.25, 0.3) is 5.91 Å². The first kappa shape index (κ1) is 16.0. The number of benzene rings is 2. The minimum Gasteiger partial charge on any atom is -0.352 e. The molecule has 0 spiro atoms. The van der Waals surface area contributed by atoms with E-state index in [1.807, 2.05) is 54.6 Å². The van der Waals surface area contributed by atoms with E-state index in [9.17, 15) is 4.79 Å². The smallest absolute Gasteiger partial charge is 0.254 e. The number of fused-ring (bicyclic) bond motifs is 1. The molecular weight excluding hydrogens is 324 g/mol. The summed E-state index contributed by atoms with van der Waals surface area (Å²) in [5.41, 5.74) is 3.59. The monoisotopic (exact) mass is 342 g/mol. The van der Waals surface area contributed by atoms with Crippen molar-refractivity contribution in [3.63, 3.8) is 0 Å². The molecule has 5 heteroatoms. The number of rotatable bonds is 5. The van der Waals surface area contributed by atoms with Crippen LogP contribution in [0.1, 0.15) is 15.9 Å². The third-order valence-corrected chi connectivity index (χ3v) is 4.26. The molecule has 0 unspecified atom stereocenters. The fourth-order valence-corrected chi connectivity index (χ4v) is 2.94. The van der Waals surface area contributed by atoms with Crippen LogP contribution in [0, 0.1) is 0 Å². The summed E-state index contributed by atoms with van der Waals surface area (Å²) >= 11 is 0.